The SMILES string of the molecule is COC(=O)c1ccc(NC(=O)/C(C#N)=C/c2ccccc2OCc2ccc([N+](=O)[O-])cc2)cc1. The Morgan fingerprint density at radius 1 is 1.06 bits per heavy atom. The number of carbonyl (C=O) groups is 2. The Hall–Kier alpha value is -4.97. The molecule has 1 N–H and O–H groups in total. The van der Waals surface area contributed by atoms with E-state index < -0.39 is 16.8 Å². The number of nitro groups is 1. The fraction of sp³-hybridized carbons (Fsp3) is 0.0800. The molecular formula is C25H19N3O6. The number of para-hydroxylation sites is 1. The van der Waals surface area contributed by atoms with E-state index in [1.54, 1.807) is 36.4 Å². The van der Waals surface area contributed by atoms with Gasteiger partial charge in [-0.05, 0) is 54.1 Å². The second-order valence-corrected chi connectivity index (χ2v) is 6.94. The topological polar surface area (TPSA) is 132 Å². The average Bonchev–Trinajstić information content (AvgIpc) is 2.86. The highest BCUT2D eigenvalue weighted by Gasteiger charge is 2.13. The number of carbonyl (C=O) groups excluding carboxylic acids is 2. The van der Waals surface area contributed by atoms with Crippen molar-refractivity contribution in [1.82, 2.24) is 0 Å². The maximum absolute atomic E-state index is 12.6. The molecular weight excluding hydrogens is 438 g/mol. The molecule has 1 amide bonds. The number of anilines is 1. The van der Waals surface area contributed by atoms with Crippen LogP contribution in [0.2, 0.25) is 0 Å². The first-order valence-electron chi connectivity index (χ1n) is 9.98. The molecule has 0 unspecified atom stereocenters. The van der Waals surface area contributed by atoms with Gasteiger partial charge >= 0.3 is 5.97 Å². The molecule has 0 saturated carbocycles. The summed E-state index contributed by atoms with van der Waals surface area (Å²) in [7, 11) is 1.27. The molecule has 9 nitrogen and oxygen atoms in total. The number of benzene rings is 3. The lowest BCUT2D eigenvalue weighted by molar-refractivity contribution is -0.384. The lowest BCUT2D eigenvalue weighted by Gasteiger charge is -2.10. The predicted octanol–water partition coefficient (Wildman–Crippen LogP) is 4.51. The molecule has 170 valence electrons. The van der Waals surface area contributed by atoms with Crippen LogP contribution in [0.15, 0.2) is 78.4 Å². The summed E-state index contributed by atoms with van der Waals surface area (Å²) in [5, 5.41) is 22.9. The zero-order valence-corrected chi connectivity index (χ0v) is 18.1. The number of hydrogen-bond donors (Lipinski definition) is 1. The highest BCUT2D eigenvalue weighted by molar-refractivity contribution is 6.10. The Morgan fingerprint density at radius 3 is 2.35 bits per heavy atom. The van der Waals surface area contributed by atoms with Crippen LogP contribution in [-0.2, 0) is 16.1 Å². The van der Waals surface area contributed by atoms with Gasteiger partial charge in [-0.1, -0.05) is 18.2 Å². The van der Waals surface area contributed by atoms with Crippen molar-refractivity contribution in [2.45, 2.75) is 6.61 Å². The molecule has 0 saturated heterocycles. The van der Waals surface area contributed by atoms with Crippen LogP contribution in [0.3, 0.4) is 0 Å². The smallest absolute Gasteiger partial charge is 0.337 e. The van der Waals surface area contributed by atoms with E-state index in [1.165, 1.54) is 49.6 Å². The first-order chi connectivity index (χ1) is 16.4. The Morgan fingerprint density at radius 2 is 1.74 bits per heavy atom. The van der Waals surface area contributed by atoms with Crippen LogP contribution in [-0.4, -0.2) is 23.9 Å². The molecule has 0 aliphatic heterocycles. The van der Waals surface area contributed by atoms with Crippen LogP contribution in [0.4, 0.5) is 11.4 Å². The Labute approximate surface area is 195 Å². The minimum atomic E-state index is -0.626. The number of non-ortho nitro benzene ring substituents is 1. The summed E-state index contributed by atoms with van der Waals surface area (Å²) in [5.41, 5.74) is 1.80. The molecule has 0 atom stereocenters. The van der Waals surface area contributed by atoms with Gasteiger partial charge in [0, 0.05) is 23.4 Å². The number of methoxy groups -OCH3 is 1. The van der Waals surface area contributed by atoms with Crippen molar-refractivity contribution >= 4 is 29.3 Å². The molecule has 0 aliphatic rings. The number of nitrogens with one attached hydrogen (secondary N) is 1. The third-order valence-electron chi connectivity index (χ3n) is 4.69. The monoisotopic (exact) mass is 457 g/mol. The zero-order valence-electron chi connectivity index (χ0n) is 18.1. The molecule has 0 spiro atoms. The summed E-state index contributed by atoms with van der Waals surface area (Å²) >= 11 is 0. The predicted molar refractivity (Wildman–Crippen MR) is 124 cm³/mol. The fourth-order valence-electron chi connectivity index (χ4n) is 2.92. The molecule has 9 heteroatoms. The summed E-state index contributed by atoms with van der Waals surface area (Å²) in [6.07, 6.45) is 1.41. The van der Waals surface area contributed by atoms with Crippen molar-refractivity contribution in [3.8, 4) is 11.8 Å². The van der Waals surface area contributed by atoms with E-state index in [0.29, 0.717) is 22.6 Å². The maximum atomic E-state index is 12.6. The van der Waals surface area contributed by atoms with Crippen molar-refractivity contribution in [1.29, 1.82) is 5.26 Å². The van der Waals surface area contributed by atoms with Crippen LogP contribution in [0.1, 0.15) is 21.5 Å². The van der Waals surface area contributed by atoms with E-state index >= 15 is 0 Å². The molecule has 3 rings (SSSR count). The molecule has 34 heavy (non-hydrogen) atoms. The third kappa shape index (κ3) is 6.05. The van der Waals surface area contributed by atoms with Gasteiger partial charge < -0.3 is 14.8 Å². The number of nitriles is 1. The molecule has 3 aromatic carbocycles. The Bertz CT molecular complexity index is 1280. The minimum absolute atomic E-state index is 0.0169. The summed E-state index contributed by atoms with van der Waals surface area (Å²) in [6.45, 7) is 0.142. The highest BCUT2D eigenvalue weighted by atomic mass is 16.6. The number of nitro benzene ring substituents is 1. The molecule has 0 aromatic heterocycles. The number of rotatable bonds is 8. The van der Waals surface area contributed by atoms with Crippen LogP contribution >= 0.6 is 0 Å². The van der Waals surface area contributed by atoms with Gasteiger partial charge in [-0.15, -0.1) is 0 Å². The van der Waals surface area contributed by atoms with E-state index in [1.807, 2.05) is 6.07 Å². The first-order valence-corrected chi connectivity index (χ1v) is 9.98. The summed E-state index contributed by atoms with van der Waals surface area (Å²) < 4.78 is 10.4. The van der Waals surface area contributed by atoms with Gasteiger partial charge in [0.1, 0.15) is 24.0 Å². The van der Waals surface area contributed by atoms with Crippen LogP contribution < -0.4 is 10.1 Å². The second-order valence-electron chi connectivity index (χ2n) is 6.94. The molecule has 0 heterocycles. The Balaban J connectivity index is 1.73. The van der Waals surface area contributed by atoms with E-state index in [9.17, 15) is 25.0 Å². The average molecular weight is 457 g/mol. The van der Waals surface area contributed by atoms with Gasteiger partial charge in [0.05, 0.1) is 17.6 Å². The fourth-order valence-corrected chi connectivity index (χ4v) is 2.92. The van der Waals surface area contributed by atoms with Gasteiger partial charge in [-0.25, -0.2) is 4.79 Å². The van der Waals surface area contributed by atoms with Gasteiger partial charge in [0.25, 0.3) is 11.6 Å². The molecule has 0 bridgehead atoms. The van der Waals surface area contributed by atoms with E-state index in [-0.39, 0.29) is 17.9 Å². The van der Waals surface area contributed by atoms with Crippen molar-refractivity contribution in [2.24, 2.45) is 0 Å². The van der Waals surface area contributed by atoms with Crippen molar-refractivity contribution in [3.05, 3.63) is 105 Å². The number of amides is 1. The van der Waals surface area contributed by atoms with Crippen molar-refractivity contribution < 1.29 is 24.0 Å². The van der Waals surface area contributed by atoms with Gasteiger partial charge in [-0.2, -0.15) is 5.26 Å². The van der Waals surface area contributed by atoms with E-state index in [0.717, 1.165) is 5.56 Å². The summed E-state index contributed by atoms with van der Waals surface area (Å²) in [5.74, 6) is -0.692. The van der Waals surface area contributed by atoms with Crippen molar-refractivity contribution in [2.75, 3.05) is 12.4 Å². The quantitative estimate of drug-likeness (QED) is 0.173. The lowest BCUT2D eigenvalue weighted by atomic mass is 10.1. The maximum Gasteiger partial charge on any atom is 0.337 e. The highest BCUT2D eigenvalue weighted by Crippen LogP contribution is 2.23. The van der Waals surface area contributed by atoms with Gasteiger partial charge in [0.15, 0.2) is 0 Å². The van der Waals surface area contributed by atoms with Gasteiger partial charge in [-0.3, -0.25) is 14.9 Å². The normalized spacial score (nSPS) is 10.6. The van der Waals surface area contributed by atoms with Crippen LogP contribution in [0.5, 0.6) is 5.75 Å². The van der Waals surface area contributed by atoms with E-state index in [4.69, 9.17) is 4.74 Å². The number of ether oxygens (including phenoxy) is 2. The van der Waals surface area contributed by atoms with Crippen molar-refractivity contribution in [3.63, 3.8) is 0 Å². The Kier molecular flexibility index (Phi) is 7.71. The van der Waals surface area contributed by atoms with Crippen LogP contribution in [0, 0.1) is 21.4 Å². The minimum Gasteiger partial charge on any atom is -0.488 e. The molecule has 3 aromatic rings. The largest absolute Gasteiger partial charge is 0.488 e. The zero-order chi connectivity index (χ0) is 24.5. The number of esters is 1. The van der Waals surface area contributed by atoms with Crippen LogP contribution in [0.25, 0.3) is 6.08 Å². The number of nitrogens with zero attached hydrogens (tertiary/aromatic N) is 2. The first kappa shape index (κ1) is 23.7. The summed E-state index contributed by atoms with van der Waals surface area (Å²) in [4.78, 5) is 34.4. The van der Waals surface area contributed by atoms with Gasteiger partial charge in [0.2, 0.25) is 0 Å². The molecule has 0 aliphatic carbocycles. The number of hydrogen-bond acceptors (Lipinski definition) is 7. The summed E-state index contributed by atoms with van der Waals surface area (Å²) in [6, 6.07) is 20.8. The molecule has 0 fully saturated rings. The standard InChI is InChI=1S/C25H19N3O6/c1-33-25(30)18-8-10-21(11-9-18)27-24(29)20(15-26)14-19-4-2-3-5-23(19)34-16-17-6-12-22(13-7-17)28(31)32/h2-14H,16H2,1H3,(H,27,29)/b20-14+. The van der Waals surface area contributed by atoms with E-state index in [2.05, 4.69) is 10.1 Å². The molecule has 0 radical (unpaired) electrons. The third-order valence-corrected chi connectivity index (χ3v) is 4.69. The lowest BCUT2D eigenvalue weighted by Crippen LogP contribution is -2.13. The second kappa shape index (κ2) is 11.1.